The van der Waals surface area contributed by atoms with Gasteiger partial charge in [-0.3, -0.25) is 0 Å². The van der Waals surface area contributed by atoms with Crippen LogP contribution in [0, 0.1) is 0 Å². The third-order valence-corrected chi connectivity index (χ3v) is 7.08. The molecule has 0 radical (unpaired) electrons. The summed E-state index contributed by atoms with van der Waals surface area (Å²) in [7, 11) is -4.84. The van der Waals surface area contributed by atoms with Crippen molar-refractivity contribution in [2.75, 3.05) is 5.75 Å². The quantitative estimate of drug-likeness (QED) is 0.821. The maximum Gasteiger partial charge on any atom is 0.239 e. The van der Waals surface area contributed by atoms with Crippen molar-refractivity contribution in [2.24, 2.45) is 0 Å². The van der Waals surface area contributed by atoms with Gasteiger partial charge in [0.15, 0.2) is 0 Å². The van der Waals surface area contributed by atoms with Crippen molar-refractivity contribution in [3.63, 3.8) is 0 Å². The highest BCUT2D eigenvalue weighted by molar-refractivity contribution is 7.90. The molecule has 0 spiro atoms. The summed E-state index contributed by atoms with van der Waals surface area (Å²) in [5.41, 5.74) is 1.02. The molecule has 1 heterocycles. The fourth-order valence-corrected chi connectivity index (χ4v) is 6.11. The van der Waals surface area contributed by atoms with E-state index >= 15 is 0 Å². The van der Waals surface area contributed by atoms with Crippen LogP contribution in [0.2, 0.25) is 25.7 Å². The number of hydrogen-bond donors (Lipinski definition) is 1. The molecule has 22 heavy (non-hydrogen) atoms. The Hall–Kier alpha value is -1.44. The molecule has 0 saturated heterocycles. The fraction of sp³-hybridized carbons (Fsp3) is 0.400. The van der Waals surface area contributed by atoms with Crippen molar-refractivity contribution in [1.82, 2.24) is 8.96 Å². The van der Waals surface area contributed by atoms with Gasteiger partial charge in [-0.25, -0.2) is 17.4 Å². The maximum absolute atomic E-state index is 12.3. The average molecular weight is 339 g/mol. The molecular weight excluding hydrogens is 316 g/mol. The molecule has 0 saturated carbocycles. The SMILES string of the molecule is C[Si](C)(C)CCS(=O)(=O)n1cnc(C(O)c2ccccc2)c1. The van der Waals surface area contributed by atoms with E-state index in [1.165, 1.54) is 12.5 Å². The second-order valence-corrected chi connectivity index (χ2v) is 14.2. The van der Waals surface area contributed by atoms with E-state index in [4.69, 9.17) is 0 Å². The predicted molar refractivity (Wildman–Crippen MR) is 90.1 cm³/mol. The van der Waals surface area contributed by atoms with Crippen molar-refractivity contribution in [3.05, 3.63) is 54.1 Å². The molecule has 0 aliphatic heterocycles. The molecule has 0 bridgehead atoms. The zero-order valence-corrected chi connectivity index (χ0v) is 14.9. The first kappa shape index (κ1) is 16.9. The van der Waals surface area contributed by atoms with E-state index in [2.05, 4.69) is 24.6 Å². The number of nitrogens with zero attached hydrogens (tertiary/aromatic N) is 2. The van der Waals surface area contributed by atoms with Crippen LogP contribution >= 0.6 is 0 Å². The molecule has 0 fully saturated rings. The Morgan fingerprint density at radius 1 is 1.23 bits per heavy atom. The van der Waals surface area contributed by atoms with Crippen molar-refractivity contribution in [3.8, 4) is 0 Å². The van der Waals surface area contributed by atoms with Crippen LogP contribution in [0.5, 0.6) is 0 Å². The Balaban J connectivity index is 2.17. The van der Waals surface area contributed by atoms with Gasteiger partial charge in [-0.15, -0.1) is 0 Å². The average Bonchev–Trinajstić information content (AvgIpc) is 2.95. The molecule has 1 unspecified atom stereocenters. The number of rotatable bonds is 6. The zero-order chi connectivity index (χ0) is 16.4. The van der Waals surface area contributed by atoms with Gasteiger partial charge in [0.25, 0.3) is 0 Å². The highest BCUT2D eigenvalue weighted by Crippen LogP contribution is 2.20. The van der Waals surface area contributed by atoms with Crippen molar-refractivity contribution < 1.29 is 13.5 Å². The fourth-order valence-electron chi connectivity index (χ4n) is 1.96. The molecule has 120 valence electrons. The van der Waals surface area contributed by atoms with Gasteiger partial charge in [0.2, 0.25) is 10.0 Å². The summed E-state index contributed by atoms with van der Waals surface area (Å²) >= 11 is 0. The second-order valence-electron chi connectivity index (χ2n) is 6.57. The van der Waals surface area contributed by atoms with Crippen molar-refractivity contribution >= 4 is 18.1 Å². The number of benzene rings is 1. The van der Waals surface area contributed by atoms with Crippen LogP contribution in [-0.2, 0) is 10.0 Å². The number of aromatic nitrogens is 2. The summed E-state index contributed by atoms with van der Waals surface area (Å²) in [4.78, 5) is 4.05. The molecule has 0 amide bonds. The predicted octanol–water partition coefficient (Wildman–Crippen LogP) is 2.48. The third-order valence-electron chi connectivity index (χ3n) is 3.41. The summed E-state index contributed by atoms with van der Waals surface area (Å²) in [5.74, 6) is 0.111. The molecule has 0 aliphatic rings. The van der Waals surface area contributed by atoms with E-state index in [-0.39, 0.29) is 5.75 Å². The van der Waals surface area contributed by atoms with Crippen LogP contribution in [0.4, 0.5) is 0 Å². The van der Waals surface area contributed by atoms with E-state index in [1.807, 2.05) is 18.2 Å². The number of aliphatic hydroxyl groups is 1. The van der Waals surface area contributed by atoms with E-state index in [0.717, 1.165) is 3.97 Å². The molecule has 1 atom stereocenters. The van der Waals surface area contributed by atoms with E-state index in [9.17, 15) is 13.5 Å². The summed E-state index contributed by atoms with van der Waals surface area (Å²) < 4.78 is 25.7. The standard InChI is InChI=1S/C15H22N2O3SSi/c1-22(2,3)10-9-21(19,20)17-11-14(16-12-17)15(18)13-7-5-4-6-8-13/h4-8,11-12,15,18H,9-10H2,1-3H3. The lowest BCUT2D eigenvalue weighted by atomic mass is 10.1. The minimum absolute atomic E-state index is 0.111. The van der Waals surface area contributed by atoms with Gasteiger partial charge >= 0.3 is 0 Å². The largest absolute Gasteiger partial charge is 0.382 e. The molecule has 1 N–H and O–H groups in total. The van der Waals surface area contributed by atoms with Crippen molar-refractivity contribution in [1.29, 1.82) is 0 Å². The van der Waals surface area contributed by atoms with Gasteiger partial charge in [-0.05, 0) is 11.6 Å². The van der Waals surface area contributed by atoms with Crippen LogP contribution in [0.1, 0.15) is 17.4 Å². The maximum atomic E-state index is 12.3. The lowest BCUT2D eigenvalue weighted by Gasteiger charge is -2.15. The lowest BCUT2D eigenvalue weighted by molar-refractivity contribution is 0.216. The first-order valence-electron chi connectivity index (χ1n) is 7.19. The smallest absolute Gasteiger partial charge is 0.239 e. The van der Waals surface area contributed by atoms with E-state index in [1.54, 1.807) is 12.1 Å². The molecule has 1 aromatic heterocycles. The van der Waals surface area contributed by atoms with Crippen LogP contribution in [0.3, 0.4) is 0 Å². The molecule has 2 rings (SSSR count). The van der Waals surface area contributed by atoms with Gasteiger partial charge in [0.1, 0.15) is 12.4 Å². The number of hydrogen-bond acceptors (Lipinski definition) is 4. The molecule has 2 aromatic rings. The van der Waals surface area contributed by atoms with Crippen LogP contribution in [0.15, 0.2) is 42.9 Å². The lowest BCUT2D eigenvalue weighted by Crippen LogP contribution is -2.26. The molecule has 7 heteroatoms. The minimum Gasteiger partial charge on any atom is -0.382 e. The summed E-state index contributed by atoms with van der Waals surface area (Å²) in [6, 6.07) is 9.76. The minimum atomic E-state index is -3.41. The van der Waals surface area contributed by atoms with Crippen molar-refractivity contribution in [2.45, 2.75) is 31.8 Å². The van der Waals surface area contributed by atoms with Gasteiger partial charge in [-0.2, -0.15) is 0 Å². The molecule has 1 aromatic carbocycles. The summed E-state index contributed by atoms with van der Waals surface area (Å²) in [6.45, 7) is 6.42. The number of aliphatic hydroxyl groups excluding tert-OH is 1. The molecule has 0 aliphatic carbocycles. The highest BCUT2D eigenvalue weighted by atomic mass is 32.2. The van der Waals surface area contributed by atoms with Gasteiger partial charge < -0.3 is 5.11 Å². The van der Waals surface area contributed by atoms with Crippen LogP contribution in [0.25, 0.3) is 0 Å². The summed E-state index contributed by atoms with van der Waals surface area (Å²) in [5, 5.41) is 10.3. The Labute approximate surface area is 132 Å². The normalized spacial score (nSPS) is 14.0. The molecular formula is C15H22N2O3SSi. The van der Waals surface area contributed by atoms with E-state index in [0.29, 0.717) is 17.3 Å². The second kappa shape index (κ2) is 6.35. The Morgan fingerprint density at radius 2 is 1.86 bits per heavy atom. The Morgan fingerprint density at radius 3 is 2.45 bits per heavy atom. The van der Waals surface area contributed by atoms with E-state index < -0.39 is 24.2 Å². The first-order valence-corrected chi connectivity index (χ1v) is 12.5. The van der Waals surface area contributed by atoms with Gasteiger partial charge in [0.05, 0.1) is 11.4 Å². The zero-order valence-electron chi connectivity index (χ0n) is 13.1. The summed E-state index contributed by atoms with van der Waals surface area (Å²) in [6.07, 6.45) is 1.74. The van der Waals surface area contributed by atoms with Crippen LogP contribution in [-0.4, -0.2) is 36.3 Å². The monoisotopic (exact) mass is 338 g/mol. The topological polar surface area (TPSA) is 72.2 Å². The third kappa shape index (κ3) is 4.28. The Bertz CT molecular complexity index is 721. The van der Waals surface area contributed by atoms with Gasteiger partial charge in [0, 0.05) is 14.3 Å². The van der Waals surface area contributed by atoms with Crippen LogP contribution < -0.4 is 0 Å². The molecule has 5 nitrogen and oxygen atoms in total. The highest BCUT2D eigenvalue weighted by Gasteiger charge is 2.22. The Kier molecular flexibility index (Phi) is 4.89. The number of imidazole rings is 1. The van der Waals surface area contributed by atoms with Gasteiger partial charge in [-0.1, -0.05) is 50.0 Å². The first-order chi connectivity index (χ1) is 10.2.